The van der Waals surface area contributed by atoms with Crippen LogP contribution in [0, 0.1) is 6.92 Å². The third kappa shape index (κ3) is 4.58. The first-order valence-electron chi connectivity index (χ1n) is 10.1. The summed E-state index contributed by atoms with van der Waals surface area (Å²) in [5.41, 5.74) is 9.19. The summed E-state index contributed by atoms with van der Waals surface area (Å²) in [6, 6.07) is 36.9. The molecule has 0 saturated carbocycles. The Morgan fingerprint density at radius 3 is 1.43 bits per heavy atom. The van der Waals surface area contributed by atoms with Crippen LogP contribution in [0.2, 0.25) is 0 Å². The summed E-state index contributed by atoms with van der Waals surface area (Å²) in [5.74, 6) is 0. The van der Waals surface area contributed by atoms with Crippen LogP contribution in [0.3, 0.4) is 0 Å². The molecule has 0 fully saturated rings. The van der Waals surface area contributed by atoms with E-state index in [4.69, 9.17) is 0 Å². The summed E-state index contributed by atoms with van der Waals surface area (Å²) in [6.45, 7) is 6.13. The van der Waals surface area contributed by atoms with Crippen molar-refractivity contribution in [2.45, 2.75) is 27.2 Å². The monoisotopic (exact) mass is 364 g/mol. The van der Waals surface area contributed by atoms with Gasteiger partial charge in [-0.2, -0.15) is 0 Å². The second kappa shape index (κ2) is 9.71. The maximum Gasteiger partial charge on any atom is -0.00135 e. The average Bonchev–Trinajstić information content (AvgIpc) is 2.77. The molecule has 0 amide bonds. The molecule has 0 saturated heterocycles. The summed E-state index contributed by atoms with van der Waals surface area (Å²) in [4.78, 5) is 0. The molecular weight excluding hydrogens is 336 g/mol. The van der Waals surface area contributed by atoms with Crippen molar-refractivity contribution >= 4 is 0 Å². The van der Waals surface area contributed by atoms with Crippen LogP contribution in [0.4, 0.5) is 0 Å². The zero-order valence-corrected chi connectivity index (χ0v) is 17.0. The van der Waals surface area contributed by atoms with Crippen LogP contribution in [0.5, 0.6) is 0 Å². The van der Waals surface area contributed by atoms with E-state index in [1.807, 2.05) is 13.8 Å². The fourth-order valence-corrected chi connectivity index (χ4v) is 3.47. The fourth-order valence-electron chi connectivity index (χ4n) is 3.47. The Hall–Kier alpha value is -3.12. The molecule has 0 N–H and O–H groups in total. The van der Waals surface area contributed by atoms with Crippen LogP contribution in [-0.2, 0) is 6.42 Å². The van der Waals surface area contributed by atoms with Gasteiger partial charge in [-0.15, -0.1) is 0 Å². The third-order valence-corrected chi connectivity index (χ3v) is 4.86. The molecule has 0 heterocycles. The van der Waals surface area contributed by atoms with Crippen LogP contribution < -0.4 is 0 Å². The highest BCUT2D eigenvalue weighted by atomic mass is 14.1. The minimum atomic E-state index is 0.926. The van der Waals surface area contributed by atoms with E-state index in [1.165, 1.54) is 38.9 Å². The van der Waals surface area contributed by atoms with E-state index in [-0.39, 0.29) is 0 Å². The van der Waals surface area contributed by atoms with Gasteiger partial charge in [0.05, 0.1) is 0 Å². The number of hydrogen-bond acceptors (Lipinski definition) is 0. The Bertz CT molecular complexity index is 995. The third-order valence-electron chi connectivity index (χ3n) is 4.86. The largest absolute Gasteiger partial charge is 0.0683 e. The molecule has 0 spiro atoms. The van der Waals surface area contributed by atoms with Crippen LogP contribution >= 0.6 is 0 Å². The summed E-state index contributed by atoms with van der Waals surface area (Å²) < 4.78 is 0. The Balaban J connectivity index is 0.00000109. The molecule has 28 heavy (non-hydrogen) atoms. The molecule has 0 aromatic heterocycles. The van der Waals surface area contributed by atoms with Crippen LogP contribution in [0.15, 0.2) is 103 Å². The van der Waals surface area contributed by atoms with Gasteiger partial charge >= 0.3 is 0 Å². The van der Waals surface area contributed by atoms with Crippen molar-refractivity contribution in [3.05, 3.63) is 120 Å². The molecule has 0 nitrogen and oxygen atoms in total. The van der Waals surface area contributed by atoms with E-state index >= 15 is 0 Å². The van der Waals surface area contributed by atoms with E-state index in [9.17, 15) is 0 Å². The second-order valence-electron chi connectivity index (χ2n) is 6.72. The first-order chi connectivity index (χ1) is 13.8. The van der Waals surface area contributed by atoms with Crippen molar-refractivity contribution in [2.75, 3.05) is 0 Å². The first-order valence-corrected chi connectivity index (χ1v) is 10.1. The Morgan fingerprint density at radius 1 is 0.464 bits per heavy atom. The highest BCUT2D eigenvalue weighted by Gasteiger charge is 2.09. The molecule has 0 bridgehead atoms. The van der Waals surface area contributed by atoms with Crippen LogP contribution in [0.25, 0.3) is 22.3 Å². The maximum atomic E-state index is 2.25. The predicted octanol–water partition coefficient (Wildman–Crippen LogP) is 7.95. The Kier molecular flexibility index (Phi) is 6.81. The molecule has 0 aliphatic rings. The summed E-state index contributed by atoms with van der Waals surface area (Å²) >= 11 is 0. The molecule has 0 radical (unpaired) electrons. The van der Waals surface area contributed by atoms with Crippen molar-refractivity contribution in [1.82, 2.24) is 0 Å². The predicted molar refractivity (Wildman–Crippen MR) is 123 cm³/mol. The SMILES string of the molecule is CC.Cc1ccc(-c2ccccc2Cc2ccccc2-c2ccccc2)cc1. The highest BCUT2D eigenvalue weighted by Crippen LogP contribution is 2.30. The lowest BCUT2D eigenvalue weighted by Crippen LogP contribution is -1.95. The number of hydrogen-bond donors (Lipinski definition) is 0. The second-order valence-corrected chi connectivity index (χ2v) is 6.72. The van der Waals surface area contributed by atoms with E-state index in [0.717, 1.165) is 6.42 Å². The summed E-state index contributed by atoms with van der Waals surface area (Å²) in [6.07, 6.45) is 0.926. The van der Waals surface area contributed by atoms with Gasteiger partial charge in [-0.1, -0.05) is 123 Å². The molecular formula is C28H28. The summed E-state index contributed by atoms with van der Waals surface area (Å²) in [7, 11) is 0. The van der Waals surface area contributed by atoms with Gasteiger partial charge < -0.3 is 0 Å². The van der Waals surface area contributed by atoms with E-state index in [2.05, 4.69) is 110 Å². The van der Waals surface area contributed by atoms with Gasteiger partial charge in [0, 0.05) is 0 Å². The van der Waals surface area contributed by atoms with Crippen molar-refractivity contribution in [2.24, 2.45) is 0 Å². The molecule has 4 aromatic rings. The molecule has 4 aromatic carbocycles. The van der Waals surface area contributed by atoms with Gasteiger partial charge in [0.15, 0.2) is 0 Å². The zero-order valence-electron chi connectivity index (χ0n) is 17.0. The number of aryl methyl sites for hydroxylation is 1. The zero-order chi connectivity index (χ0) is 19.8. The van der Waals surface area contributed by atoms with Crippen molar-refractivity contribution < 1.29 is 0 Å². The van der Waals surface area contributed by atoms with Gasteiger partial charge in [0.1, 0.15) is 0 Å². The highest BCUT2D eigenvalue weighted by molar-refractivity contribution is 5.71. The van der Waals surface area contributed by atoms with Gasteiger partial charge in [-0.25, -0.2) is 0 Å². The Morgan fingerprint density at radius 2 is 0.893 bits per heavy atom. The van der Waals surface area contributed by atoms with E-state index in [1.54, 1.807) is 0 Å². The van der Waals surface area contributed by atoms with Crippen molar-refractivity contribution in [3.8, 4) is 22.3 Å². The maximum absolute atomic E-state index is 2.25. The number of rotatable bonds is 4. The van der Waals surface area contributed by atoms with E-state index < -0.39 is 0 Å². The van der Waals surface area contributed by atoms with Crippen LogP contribution in [0.1, 0.15) is 30.5 Å². The average molecular weight is 365 g/mol. The summed E-state index contributed by atoms with van der Waals surface area (Å²) in [5, 5.41) is 0. The molecule has 140 valence electrons. The minimum Gasteiger partial charge on any atom is -0.0683 e. The van der Waals surface area contributed by atoms with Gasteiger partial charge in [-0.3, -0.25) is 0 Å². The van der Waals surface area contributed by atoms with Gasteiger partial charge in [-0.05, 0) is 46.7 Å². The lowest BCUT2D eigenvalue weighted by molar-refractivity contribution is 1.20. The standard InChI is InChI=1S/C26H22.C2H6/c1-20-15-17-22(18-16-20)26-14-8-6-12-24(26)19-23-11-5-7-13-25(23)21-9-3-2-4-10-21;1-2/h2-18H,19H2,1H3;1-2H3. The molecule has 0 atom stereocenters. The smallest absolute Gasteiger partial charge is 0.00135 e. The lowest BCUT2D eigenvalue weighted by atomic mass is 9.91. The van der Waals surface area contributed by atoms with Gasteiger partial charge in [0.25, 0.3) is 0 Å². The molecule has 0 heteroatoms. The van der Waals surface area contributed by atoms with Crippen LogP contribution in [-0.4, -0.2) is 0 Å². The molecule has 0 aliphatic heterocycles. The topological polar surface area (TPSA) is 0 Å². The lowest BCUT2D eigenvalue weighted by Gasteiger charge is -2.14. The van der Waals surface area contributed by atoms with E-state index in [0.29, 0.717) is 0 Å². The number of benzene rings is 4. The minimum absolute atomic E-state index is 0.926. The molecule has 4 rings (SSSR count). The van der Waals surface area contributed by atoms with Crippen molar-refractivity contribution in [3.63, 3.8) is 0 Å². The van der Waals surface area contributed by atoms with Gasteiger partial charge in [0.2, 0.25) is 0 Å². The quantitative estimate of drug-likeness (QED) is 0.345. The Labute approximate surface area is 169 Å². The fraction of sp³-hybridized carbons (Fsp3) is 0.143. The molecule has 0 unspecified atom stereocenters. The molecule has 0 aliphatic carbocycles. The van der Waals surface area contributed by atoms with Crippen molar-refractivity contribution in [1.29, 1.82) is 0 Å². The first kappa shape index (κ1) is 19.6. The normalized spacial score (nSPS) is 10.1.